The molecule has 62 heavy (non-hydrogen) atoms. The van der Waals surface area contributed by atoms with Crippen LogP contribution in [-0.2, 0) is 5.41 Å². The van der Waals surface area contributed by atoms with E-state index in [1.165, 1.54) is 109 Å². The van der Waals surface area contributed by atoms with Crippen molar-refractivity contribution in [2.75, 3.05) is 0 Å². The van der Waals surface area contributed by atoms with Crippen LogP contribution >= 0.6 is 0 Å². The predicted molar refractivity (Wildman–Crippen MR) is 258 cm³/mol. The topological polar surface area (TPSA) is 22.1 Å². The summed E-state index contributed by atoms with van der Waals surface area (Å²) in [7, 11) is 0. The van der Waals surface area contributed by atoms with Gasteiger partial charge in [0.15, 0.2) is 5.75 Å². The molecular formula is C60H35NO. The van der Waals surface area contributed by atoms with Crippen LogP contribution < -0.4 is 4.74 Å². The van der Waals surface area contributed by atoms with Crippen LogP contribution in [0.15, 0.2) is 213 Å². The van der Waals surface area contributed by atoms with E-state index in [4.69, 9.17) is 4.74 Å². The lowest BCUT2D eigenvalue weighted by atomic mass is 9.64. The molecule has 14 rings (SSSR count). The first-order chi connectivity index (χ1) is 30.7. The molecule has 2 heterocycles. The zero-order chi connectivity index (χ0) is 40.5. The van der Waals surface area contributed by atoms with Gasteiger partial charge in [-0.15, -0.1) is 0 Å². The number of rotatable bonds is 2. The lowest BCUT2D eigenvalue weighted by Crippen LogP contribution is -2.32. The fourth-order valence-electron chi connectivity index (χ4n) is 11.3. The summed E-state index contributed by atoms with van der Waals surface area (Å²) < 4.78 is 6.85. The molecule has 0 atom stereocenters. The summed E-state index contributed by atoms with van der Waals surface area (Å²) >= 11 is 0. The van der Waals surface area contributed by atoms with Crippen molar-refractivity contribution in [3.63, 3.8) is 0 Å². The number of benzene rings is 11. The van der Waals surface area contributed by atoms with E-state index in [0.29, 0.717) is 0 Å². The second-order valence-electron chi connectivity index (χ2n) is 17.0. The first kappa shape index (κ1) is 33.7. The maximum Gasteiger partial charge on any atom is 0.150 e. The van der Waals surface area contributed by atoms with E-state index in [2.05, 4.69) is 205 Å². The highest BCUT2D eigenvalue weighted by Gasteiger charge is 2.54. The molecule has 2 nitrogen and oxygen atoms in total. The molecule has 0 amide bonds. The fourth-order valence-corrected chi connectivity index (χ4v) is 11.3. The number of hydrogen-bond donors (Lipinski definition) is 0. The van der Waals surface area contributed by atoms with Crippen molar-refractivity contribution in [3.8, 4) is 44.9 Å². The Morgan fingerprint density at radius 3 is 1.35 bits per heavy atom. The van der Waals surface area contributed by atoms with E-state index in [1.54, 1.807) is 0 Å². The van der Waals surface area contributed by atoms with Gasteiger partial charge < -0.3 is 4.74 Å². The normalized spacial score (nSPS) is 13.4. The zero-order valence-corrected chi connectivity index (χ0v) is 33.6. The molecule has 2 aliphatic rings. The zero-order valence-electron chi connectivity index (χ0n) is 33.6. The monoisotopic (exact) mass is 785 g/mol. The summed E-state index contributed by atoms with van der Waals surface area (Å²) in [5.74, 6) is 1.64. The van der Waals surface area contributed by atoms with Gasteiger partial charge in [-0.25, -0.2) is 0 Å². The number of pyridine rings is 1. The average molecular weight is 786 g/mol. The largest absolute Gasteiger partial charge is 0.455 e. The van der Waals surface area contributed by atoms with Crippen LogP contribution in [-0.4, -0.2) is 4.98 Å². The Balaban J connectivity index is 1.16. The third-order valence-corrected chi connectivity index (χ3v) is 13.9. The van der Waals surface area contributed by atoms with Crippen molar-refractivity contribution in [3.05, 3.63) is 235 Å². The van der Waals surface area contributed by atoms with Gasteiger partial charge in [-0.1, -0.05) is 164 Å². The van der Waals surface area contributed by atoms with Gasteiger partial charge >= 0.3 is 0 Å². The minimum absolute atomic E-state index is 0.739. The van der Waals surface area contributed by atoms with Gasteiger partial charge in [0.05, 0.1) is 11.6 Å². The predicted octanol–water partition coefficient (Wildman–Crippen LogP) is 15.8. The minimum atomic E-state index is -0.739. The fraction of sp³-hybridized carbons (Fsp3) is 0.0167. The SMILES string of the molecule is c1ccc2c(c1)Oc1cnccc1C21c2c(c3ccccc3c3cc(-c4ccc5ccccc5c4)ccc23)-c2c1c1ccc(-c3ccc4ccccc4c3)cc1c1ccccc21. The number of nitrogens with zero attached hydrogens (tertiary/aromatic N) is 1. The highest BCUT2D eigenvalue weighted by Crippen LogP contribution is 2.67. The molecule has 286 valence electrons. The van der Waals surface area contributed by atoms with E-state index in [1.807, 2.05) is 12.4 Å². The van der Waals surface area contributed by atoms with Crippen molar-refractivity contribution < 1.29 is 4.74 Å². The first-order valence-corrected chi connectivity index (χ1v) is 21.4. The number of para-hydroxylation sites is 1. The molecule has 2 heteroatoms. The molecule has 0 saturated heterocycles. The Hall–Kier alpha value is -8.07. The minimum Gasteiger partial charge on any atom is -0.455 e. The quantitative estimate of drug-likeness (QED) is 0.163. The summed E-state index contributed by atoms with van der Waals surface area (Å²) in [6.45, 7) is 0. The molecule has 0 N–H and O–H groups in total. The Labute approximate surface area is 357 Å². The van der Waals surface area contributed by atoms with Gasteiger partial charge in [-0.3, -0.25) is 4.98 Å². The smallest absolute Gasteiger partial charge is 0.150 e. The molecule has 1 aromatic heterocycles. The third-order valence-electron chi connectivity index (χ3n) is 13.9. The lowest BCUT2D eigenvalue weighted by Gasteiger charge is -2.40. The summed E-state index contributed by atoms with van der Waals surface area (Å²) in [4.78, 5) is 4.67. The van der Waals surface area contributed by atoms with Crippen LogP contribution in [0.3, 0.4) is 0 Å². The van der Waals surface area contributed by atoms with Gasteiger partial charge in [0.2, 0.25) is 0 Å². The van der Waals surface area contributed by atoms with E-state index in [9.17, 15) is 0 Å². The van der Waals surface area contributed by atoms with E-state index < -0.39 is 5.41 Å². The molecule has 11 aromatic carbocycles. The van der Waals surface area contributed by atoms with Crippen molar-refractivity contribution >= 4 is 64.6 Å². The van der Waals surface area contributed by atoms with Crippen molar-refractivity contribution in [1.29, 1.82) is 0 Å². The molecule has 0 radical (unpaired) electrons. The Morgan fingerprint density at radius 1 is 0.323 bits per heavy atom. The van der Waals surface area contributed by atoms with Crippen LogP contribution in [0, 0.1) is 0 Å². The highest BCUT2D eigenvalue weighted by molar-refractivity contribution is 6.27. The molecule has 1 aliphatic heterocycles. The Bertz CT molecular complexity index is 3660. The van der Waals surface area contributed by atoms with Crippen LogP contribution in [0.1, 0.15) is 22.3 Å². The molecular weight excluding hydrogens is 751 g/mol. The number of ether oxygens (including phenoxy) is 1. The van der Waals surface area contributed by atoms with Crippen LogP contribution in [0.5, 0.6) is 11.5 Å². The Kier molecular flexibility index (Phi) is 6.79. The molecule has 0 fully saturated rings. The maximum absolute atomic E-state index is 6.85. The maximum atomic E-state index is 6.85. The second kappa shape index (κ2) is 12.5. The number of aromatic nitrogens is 1. The lowest BCUT2D eigenvalue weighted by molar-refractivity contribution is 0.435. The summed E-state index contributed by atoms with van der Waals surface area (Å²) in [5.41, 5.74) is 11.5. The van der Waals surface area contributed by atoms with Gasteiger partial charge in [0.1, 0.15) is 5.75 Å². The van der Waals surface area contributed by atoms with E-state index in [0.717, 1.165) is 22.6 Å². The van der Waals surface area contributed by atoms with Crippen molar-refractivity contribution in [2.24, 2.45) is 0 Å². The highest BCUT2D eigenvalue weighted by atomic mass is 16.5. The second-order valence-corrected chi connectivity index (χ2v) is 17.0. The third kappa shape index (κ3) is 4.45. The van der Waals surface area contributed by atoms with Gasteiger partial charge in [-0.2, -0.15) is 0 Å². The van der Waals surface area contributed by atoms with Gasteiger partial charge in [0.25, 0.3) is 0 Å². The summed E-state index contributed by atoms with van der Waals surface area (Å²) in [6, 6.07) is 74.3. The van der Waals surface area contributed by atoms with Crippen LogP contribution in [0.4, 0.5) is 0 Å². The van der Waals surface area contributed by atoms with Crippen LogP contribution in [0.25, 0.3) is 98.0 Å². The average Bonchev–Trinajstić information content (AvgIpc) is 3.66. The first-order valence-electron chi connectivity index (χ1n) is 21.4. The molecule has 0 unspecified atom stereocenters. The number of hydrogen-bond acceptors (Lipinski definition) is 2. The van der Waals surface area contributed by atoms with Crippen molar-refractivity contribution in [2.45, 2.75) is 5.41 Å². The van der Waals surface area contributed by atoms with Crippen LogP contribution in [0.2, 0.25) is 0 Å². The van der Waals surface area contributed by atoms with E-state index in [-0.39, 0.29) is 0 Å². The summed E-state index contributed by atoms with van der Waals surface area (Å²) in [6.07, 6.45) is 3.85. The van der Waals surface area contributed by atoms with Gasteiger partial charge in [0, 0.05) is 17.3 Å². The Morgan fingerprint density at radius 2 is 0.774 bits per heavy atom. The molecule has 1 aliphatic carbocycles. The number of fused-ring (bicyclic) bond motifs is 21. The molecule has 0 saturated carbocycles. The molecule has 12 aromatic rings. The van der Waals surface area contributed by atoms with E-state index >= 15 is 0 Å². The van der Waals surface area contributed by atoms with Crippen molar-refractivity contribution in [1.82, 2.24) is 4.98 Å². The summed E-state index contributed by atoms with van der Waals surface area (Å²) in [5, 5.41) is 14.9. The standard InChI is InChI=1S/C60H35NO/c1-3-13-38-31-40(23-21-36(38)11-1)42-25-27-48-50(33-42)44-15-5-7-17-46(44)56-57-47-18-8-6-16-45(47)51-34-43(41-24-22-37-12-2-4-14-39(37)32-41)26-28-49(51)59(57)60(58(48)56)52-19-9-10-20-54(52)62-55-35-61-30-29-53(55)60/h1-35H. The van der Waals surface area contributed by atoms with Gasteiger partial charge in [-0.05, 0) is 146 Å². The molecule has 0 bridgehead atoms. The molecule has 1 spiro atoms.